The molecular weight excluding hydrogens is 254 g/mol. The molecule has 0 saturated carbocycles. The van der Waals surface area contributed by atoms with Crippen molar-refractivity contribution in [3.8, 4) is 0 Å². The van der Waals surface area contributed by atoms with Gasteiger partial charge >= 0.3 is 0 Å². The predicted molar refractivity (Wildman–Crippen MR) is 73.1 cm³/mol. The van der Waals surface area contributed by atoms with E-state index in [4.69, 9.17) is 0 Å². The second-order valence-electron chi connectivity index (χ2n) is 4.57. The highest BCUT2D eigenvalue weighted by Crippen LogP contribution is 2.29. The Morgan fingerprint density at radius 2 is 1.55 bits per heavy atom. The van der Waals surface area contributed by atoms with Gasteiger partial charge in [-0.3, -0.25) is 9.59 Å². The Morgan fingerprint density at radius 1 is 0.900 bits per heavy atom. The van der Waals surface area contributed by atoms with Crippen LogP contribution in [0.25, 0.3) is 10.8 Å². The average molecular weight is 263 g/mol. The fourth-order valence-electron chi connectivity index (χ4n) is 2.60. The summed E-state index contributed by atoms with van der Waals surface area (Å²) < 4.78 is 1.40. The van der Waals surface area contributed by atoms with Gasteiger partial charge in [0.15, 0.2) is 0 Å². The van der Waals surface area contributed by atoms with E-state index >= 15 is 0 Å². The van der Waals surface area contributed by atoms with E-state index in [1.807, 2.05) is 24.3 Å². The molecule has 0 bridgehead atoms. The molecule has 0 atom stereocenters. The molecule has 2 aromatic carbocycles. The lowest BCUT2D eigenvalue weighted by Gasteiger charge is -2.27. The Kier molecular flexibility index (Phi) is 2.06. The van der Waals surface area contributed by atoms with Crippen LogP contribution in [0.2, 0.25) is 0 Å². The topological polar surface area (TPSA) is 55.2 Å². The highest BCUT2D eigenvalue weighted by Gasteiger charge is 2.33. The minimum absolute atomic E-state index is 0.336. The van der Waals surface area contributed by atoms with Crippen molar-refractivity contribution >= 4 is 22.6 Å². The maximum absolute atomic E-state index is 12.6. The number of amides is 2. The molecule has 0 spiro atoms. The third-order valence-electron chi connectivity index (χ3n) is 3.47. The third-order valence-corrected chi connectivity index (χ3v) is 3.47. The molecule has 0 unspecified atom stereocenters. The van der Waals surface area contributed by atoms with Crippen molar-refractivity contribution in [2.75, 3.05) is 5.01 Å². The summed E-state index contributed by atoms with van der Waals surface area (Å²) in [6.45, 7) is 0. The van der Waals surface area contributed by atoms with E-state index in [2.05, 4.69) is 4.98 Å². The highest BCUT2D eigenvalue weighted by molar-refractivity contribution is 6.32. The van der Waals surface area contributed by atoms with Crippen LogP contribution in [0.1, 0.15) is 20.7 Å². The number of imide groups is 1. The van der Waals surface area contributed by atoms with Gasteiger partial charge < -0.3 is 0 Å². The van der Waals surface area contributed by atoms with E-state index in [1.165, 1.54) is 17.2 Å². The highest BCUT2D eigenvalue weighted by atomic mass is 16.2. The predicted octanol–water partition coefficient (Wildman–Crippen LogP) is 1.97. The Morgan fingerprint density at radius 3 is 2.10 bits per heavy atom. The first-order chi connectivity index (χ1) is 9.77. The third kappa shape index (κ3) is 1.29. The zero-order chi connectivity index (χ0) is 13.7. The molecular formula is C15H9N3O2. The van der Waals surface area contributed by atoms with Gasteiger partial charge in [-0.15, -0.1) is 0 Å². The Balaban J connectivity index is 2.05. The van der Waals surface area contributed by atoms with Gasteiger partial charge in [0.25, 0.3) is 11.8 Å². The van der Waals surface area contributed by atoms with Crippen LogP contribution in [0, 0.1) is 0 Å². The van der Waals surface area contributed by atoms with E-state index in [0.29, 0.717) is 11.1 Å². The minimum atomic E-state index is -0.336. The van der Waals surface area contributed by atoms with Gasteiger partial charge in [0.2, 0.25) is 0 Å². The molecule has 1 aliphatic rings. The van der Waals surface area contributed by atoms with Crippen LogP contribution >= 0.6 is 0 Å². The fourth-order valence-corrected chi connectivity index (χ4v) is 2.60. The molecule has 5 nitrogen and oxygen atoms in total. The molecule has 3 aromatic rings. The second kappa shape index (κ2) is 3.77. The summed E-state index contributed by atoms with van der Waals surface area (Å²) in [7, 11) is 0. The molecule has 96 valence electrons. The van der Waals surface area contributed by atoms with E-state index in [1.54, 1.807) is 18.3 Å². The van der Waals surface area contributed by atoms with E-state index < -0.39 is 0 Å². The number of benzene rings is 2. The number of nitrogens with zero attached hydrogens (tertiary/aromatic N) is 3. The number of rotatable bonds is 1. The van der Waals surface area contributed by atoms with Crippen molar-refractivity contribution in [2.45, 2.75) is 0 Å². The first-order valence-corrected chi connectivity index (χ1v) is 6.16. The lowest BCUT2D eigenvalue weighted by atomic mass is 9.95. The smallest absolute Gasteiger partial charge is 0.267 e. The van der Waals surface area contributed by atoms with Crippen LogP contribution < -0.4 is 5.01 Å². The van der Waals surface area contributed by atoms with E-state index in [0.717, 1.165) is 15.8 Å². The first-order valence-electron chi connectivity index (χ1n) is 6.16. The van der Waals surface area contributed by atoms with Gasteiger partial charge in [-0.2, -0.15) is 5.01 Å². The number of carbonyl (C=O) groups is 2. The van der Waals surface area contributed by atoms with Crippen molar-refractivity contribution in [1.82, 2.24) is 9.66 Å². The zero-order valence-corrected chi connectivity index (χ0v) is 10.4. The molecule has 1 aliphatic heterocycles. The lowest BCUT2D eigenvalue weighted by Crippen LogP contribution is -2.47. The lowest BCUT2D eigenvalue weighted by molar-refractivity contribution is 0.0852. The summed E-state index contributed by atoms with van der Waals surface area (Å²) in [6.07, 6.45) is 4.54. The molecule has 0 fully saturated rings. The normalized spacial score (nSPS) is 14.1. The van der Waals surface area contributed by atoms with Crippen molar-refractivity contribution < 1.29 is 9.59 Å². The van der Waals surface area contributed by atoms with Crippen LogP contribution in [0.3, 0.4) is 0 Å². The summed E-state index contributed by atoms with van der Waals surface area (Å²) >= 11 is 0. The Labute approximate surface area is 114 Å². The molecule has 0 aliphatic carbocycles. The number of imidazole rings is 1. The van der Waals surface area contributed by atoms with Gasteiger partial charge in [0, 0.05) is 17.8 Å². The number of carbonyl (C=O) groups excluding carboxylic acids is 2. The molecule has 1 aromatic heterocycles. The summed E-state index contributed by atoms with van der Waals surface area (Å²) in [6, 6.07) is 10.9. The monoisotopic (exact) mass is 263 g/mol. The summed E-state index contributed by atoms with van der Waals surface area (Å²) in [5.41, 5.74) is 1.07. The minimum Gasteiger partial charge on any atom is -0.267 e. The summed E-state index contributed by atoms with van der Waals surface area (Å²) in [5.74, 6) is -0.672. The maximum Gasteiger partial charge on any atom is 0.280 e. The molecule has 0 saturated heterocycles. The summed E-state index contributed by atoms with van der Waals surface area (Å²) in [5, 5.41) is 2.72. The van der Waals surface area contributed by atoms with Crippen LogP contribution in [-0.2, 0) is 0 Å². The summed E-state index contributed by atoms with van der Waals surface area (Å²) in [4.78, 5) is 29.0. The van der Waals surface area contributed by atoms with Crippen LogP contribution in [0.15, 0.2) is 55.1 Å². The van der Waals surface area contributed by atoms with Crippen LogP contribution in [0.5, 0.6) is 0 Å². The van der Waals surface area contributed by atoms with Gasteiger partial charge in [-0.05, 0) is 17.5 Å². The van der Waals surface area contributed by atoms with Crippen LogP contribution in [0.4, 0.5) is 0 Å². The van der Waals surface area contributed by atoms with Crippen LogP contribution in [-0.4, -0.2) is 21.5 Å². The molecule has 4 rings (SSSR count). The fraction of sp³-hybridized carbons (Fsp3) is 0. The second-order valence-corrected chi connectivity index (χ2v) is 4.57. The molecule has 0 radical (unpaired) electrons. The number of aromatic nitrogens is 2. The van der Waals surface area contributed by atoms with Crippen molar-refractivity contribution in [1.29, 1.82) is 0 Å². The Hall–Kier alpha value is -2.95. The SMILES string of the molecule is O=C1c2cccc3cccc(c23)C(=O)N1n1ccnc1. The average Bonchev–Trinajstić information content (AvgIpc) is 2.99. The maximum atomic E-state index is 12.6. The van der Waals surface area contributed by atoms with Gasteiger partial charge in [0.05, 0.1) is 11.1 Å². The van der Waals surface area contributed by atoms with E-state index in [-0.39, 0.29) is 11.8 Å². The van der Waals surface area contributed by atoms with Gasteiger partial charge in [-0.1, -0.05) is 24.3 Å². The zero-order valence-electron chi connectivity index (χ0n) is 10.4. The van der Waals surface area contributed by atoms with Gasteiger partial charge in [-0.25, -0.2) is 9.66 Å². The number of hydrogen-bond donors (Lipinski definition) is 0. The molecule has 0 N–H and O–H groups in total. The quantitative estimate of drug-likeness (QED) is 0.631. The molecule has 2 heterocycles. The molecule has 20 heavy (non-hydrogen) atoms. The van der Waals surface area contributed by atoms with E-state index in [9.17, 15) is 9.59 Å². The van der Waals surface area contributed by atoms with Gasteiger partial charge in [0.1, 0.15) is 6.33 Å². The Bertz CT molecular complexity index is 802. The largest absolute Gasteiger partial charge is 0.280 e. The van der Waals surface area contributed by atoms with Crippen molar-refractivity contribution in [3.05, 3.63) is 66.2 Å². The van der Waals surface area contributed by atoms with Crippen molar-refractivity contribution in [3.63, 3.8) is 0 Å². The standard InChI is InChI=1S/C15H9N3O2/c19-14-11-5-1-3-10-4-2-6-12(13(10)11)15(20)18(14)17-8-7-16-9-17/h1-9H. The van der Waals surface area contributed by atoms with Crippen molar-refractivity contribution in [2.24, 2.45) is 0 Å². The molecule has 5 heteroatoms. The number of hydrogen-bond acceptors (Lipinski definition) is 3. The first kappa shape index (κ1) is 10.9. The molecule has 2 amide bonds.